The zero-order valence-electron chi connectivity index (χ0n) is 16.5. The summed E-state index contributed by atoms with van der Waals surface area (Å²) in [6.07, 6.45) is 2.93. The van der Waals surface area contributed by atoms with Crippen LogP contribution in [-0.2, 0) is 4.79 Å². The number of oxazole rings is 1. The summed E-state index contributed by atoms with van der Waals surface area (Å²) < 4.78 is 11.1. The third-order valence-electron chi connectivity index (χ3n) is 4.47. The Balaban J connectivity index is 1.55. The average molecular weight is 508 g/mol. The zero-order chi connectivity index (χ0) is 22.8. The molecule has 0 unspecified atom stereocenters. The van der Waals surface area contributed by atoms with E-state index in [1.165, 1.54) is 13.2 Å². The average Bonchev–Trinajstić information content (AvgIpc) is 3.17. The highest BCUT2D eigenvalue weighted by atomic mass is 35.5. The van der Waals surface area contributed by atoms with Gasteiger partial charge in [0.15, 0.2) is 5.58 Å². The molecule has 0 atom stereocenters. The van der Waals surface area contributed by atoms with Crippen LogP contribution < -0.4 is 10.1 Å². The Morgan fingerprint density at radius 2 is 1.81 bits per heavy atom. The standard InChI is InChI=1S/C23H14Cl4N2O3/c1-31-22-12(8-14(25)10-18(22)27)2-7-21(30)28-15-4-6-20-19(11-15)29-23(32-20)16-9-13(24)3-5-17(16)26/h2-11H,1H3,(H,28,30)/b7-2+. The van der Waals surface area contributed by atoms with E-state index in [2.05, 4.69) is 10.3 Å². The number of amides is 1. The Kier molecular flexibility index (Phi) is 6.63. The van der Waals surface area contributed by atoms with Crippen LogP contribution in [0.25, 0.3) is 28.6 Å². The molecule has 9 heteroatoms. The second-order valence-electron chi connectivity index (χ2n) is 6.66. The summed E-state index contributed by atoms with van der Waals surface area (Å²) in [4.78, 5) is 16.9. The van der Waals surface area contributed by atoms with Gasteiger partial charge < -0.3 is 14.5 Å². The van der Waals surface area contributed by atoms with Gasteiger partial charge in [-0.3, -0.25) is 4.79 Å². The van der Waals surface area contributed by atoms with E-state index >= 15 is 0 Å². The fourth-order valence-corrected chi connectivity index (χ4v) is 4.01. The van der Waals surface area contributed by atoms with Crippen molar-refractivity contribution < 1.29 is 13.9 Å². The molecule has 4 rings (SSSR count). The van der Waals surface area contributed by atoms with E-state index in [0.717, 1.165) is 0 Å². The molecule has 0 saturated heterocycles. The highest BCUT2D eigenvalue weighted by Crippen LogP contribution is 2.34. The second-order valence-corrected chi connectivity index (χ2v) is 8.35. The van der Waals surface area contributed by atoms with Gasteiger partial charge in [-0.1, -0.05) is 46.4 Å². The summed E-state index contributed by atoms with van der Waals surface area (Å²) in [7, 11) is 1.49. The van der Waals surface area contributed by atoms with Gasteiger partial charge in [0.2, 0.25) is 11.8 Å². The molecule has 0 bridgehead atoms. The van der Waals surface area contributed by atoms with Gasteiger partial charge in [0.1, 0.15) is 11.3 Å². The lowest BCUT2D eigenvalue weighted by molar-refractivity contribution is -0.111. The van der Waals surface area contributed by atoms with Crippen molar-refractivity contribution in [3.8, 4) is 17.2 Å². The third kappa shape index (κ3) is 4.87. The number of carbonyl (C=O) groups excluding carboxylic acids is 1. The Labute approximate surface area is 203 Å². The maximum Gasteiger partial charge on any atom is 0.248 e. The van der Waals surface area contributed by atoms with E-state index in [1.807, 2.05) is 0 Å². The molecule has 32 heavy (non-hydrogen) atoms. The monoisotopic (exact) mass is 506 g/mol. The molecule has 1 aromatic heterocycles. The normalized spacial score (nSPS) is 11.3. The molecule has 5 nitrogen and oxygen atoms in total. The molecule has 3 aromatic carbocycles. The smallest absolute Gasteiger partial charge is 0.248 e. The number of aromatic nitrogens is 1. The maximum atomic E-state index is 12.4. The molecule has 0 spiro atoms. The summed E-state index contributed by atoms with van der Waals surface area (Å²) >= 11 is 24.5. The van der Waals surface area contributed by atoms with Crippen LogP contribution in [0.2, 0.25) is 20.1 Å². The molecule has 0 aliphatic rings. The SMILES string of the molecule is COc1c(Cl)cc(Cl)cc1/C=C/C(=O)Nc1ccc2oc(-c3cc(Cl)ccc3Cl)nc2c1. The number of nitrogens with one attached hydrogen (secondary N) is 1. The van der Waals surface area contributed by atoms with Crippen LogP contribution >= 0.6 is 46.4 Å². The molecule has 0 radical (unpaired) electrons. The van der Waals surface area contributed by atoms with Gasteiger partial charge in [0.05, 0.1) is 22.7 Å². The summed E-state index contributed by atoms with van der Waals surface area (Å²) in [5, 5.41) is 4.55. The van der Waals surface area contributed by atoms with Crippen LogP contribution in [0.5, 0.6) is 5.75 Å². The van der Waals surface area contributed by atoms with Crippen molar-refractivity contribution >= 4 is 75.2 Å². The Morgan fingerprint density at radius 3 is 2.59 bits per heavy atom. The highest BCUT2D eigenvalue weighted by molar-refractivity contribution is 6.36. The third-order valence-corrected chi connectivity index (χ3v) is 5.53. The van der Waals surface area contributed by atoms with Crippen LogP contribution in [0.4, 0.5) is 5.69 Å². The van der Waals surface area contributed by atoms with E-state index in [4.69, 9.17) is 55.6 Å². The number of benzene rings is 3. The minimum Gasteiger partial charge on any atom is -0.495 e. The first-order valence-electron chi connectivity index (χ1n) is 9.22. The molecular formula is C23H14Cl4N2O3. The minimum atomic E-state index is -0.357. The number of rotatable bonds is 5. The molecule has 0 fully saturated rings. The van der Waals surface area contributed by atoms with E-state index in [0.29, 0.717) is 59.6 Å². The molecule has 0 aliphatic carbocycles. The minimum absolute atomic E-state index is 0.334. The number of hydrogen-bond donors (Lipinski definition) is 1. The number of anilines is 1. The lowest BCUT2D eigenvalue weighted by Gasteiger charge is -2.08. The highest BCUT2D eigenvalue weighted by Gasteiger charge is 2.13. The topological polar surface area (TPSA) is 64.4 Å². The quantitative estimate of drug-likeness (QED) is 0.280. The molecule has 1 N–H and O–H groups in total. The number of hydrogen-bond acceptors (Lipinski definition) is 4. The van der Waals surface area contributed by atoms with Crippen molar-refractivity contribution in [2.24, 2.45) is 0 Å². The zero-order valence-corrected chi connectivity index (χ0v) is 19.5. The molecule has 162 valence electrons. The van der Waals surface area contributed by atoms with Crippen molar-refractivity contribution in [3.05, 3.63) is 80.3 Å². The van der Waals surface area contributed by atoms with Crippen LogP contribution in [0.1, 0.15) is 5.56 Å². The number of halogens is 4. The van der Waals surface area contributed by atoms with Crippen molar-refractivity contribution in [2.75, 3.05) is 12.4 Å². The van der Waals surface area contributed by atoms with Crippen molar-refractivity contribution in [1.82, 2.24) is 4.98 Å². The predicted octanol–water partition coefficient (Wildman–Crippen LogP) is 7.77. The maximum absolute atomic E-state index is 12.4. The molecule has 1 amide bonds. The molecule has 0 aliphatic heterocycles. The lowest BCUT2D eigenvalue weighted by atomic mass is 10.2. The number of fused-ring (bicyclic) bond motifs is 1. The molecule has 4 aromatic rings. The molecule has 0 saturated carbocycles. The van der Waals surface area contributed by atoms with Crippen molar-refractivity contribution in [2.45, 2.75) is 0 Å². The predicted molar refractivity (Wildman–Crippen MR) is 130 cm³/mol. The summed E-state index contributed by atoms with van der Waals surface area (Å²) in [5.41, 5.74) is 2.80. The van der Waals surface area contributed by atoms with Crippen LogP contribution in [0, 0.1) is 0 Å². The number of methoxy groups -OCH3 is 1. The second kappa shape index (κ2) is 9.43. The summed E-state index contributed by atoms with van der Waals surface area (Å²) in [6.45, 7) is 0. The largest absolute Gasteiger partial charge is 0.495 e. The van der Waals surface area contributed by atoms with Crippen LogP contribution in [-0.4, -0.2) is 18.0 Å². The number of nitrogens with zero attached hydrogens (tertiary/aromatic N) is 1. The number of carbonyl (C=O) groups is 1. The van der Waals surface area contributed by atoms with Crippen LogP contribution in [0.15, 0.2) is 59.0 Å². The van der Waals surface area contributed by atoms with Gasteiger partial charge in [-0.25, -0.2) is 4.98 Å². The van der Waals surface area contributed by atoms with Gasteiger partial charge in [-0.15, -0.1) is 0 Å². The molecular weight excluding hydrogens is 494 g/mol. The van der Waals surface area contributed by atoms with Gasteiger partial charge in [0, 0.05) is 27.4 Å². The van der Waals surface area contributed by atoms with E-state index in [9.17, 15) is 4.79 Å². The first-order valence-corrected chi connectivity index (χ1v) is 10.7. The Bertz CT molecular complexity index is 1370. The fourth-order valence-electron chi connectivity index (χ4n) is 3.05. The van der Waals surface area contributed by atoms with Crippen LogP contribution in [0.3, 0.4) is 0 Å². The summed E-state index contributed by atoms with van der Waals surface area (Å²) in [6, 6.07) is 13.4. The van der Waals surface area contributed by atoms with E-state index < -0.39 is 0 Å². The van der Waals surface area contributed by atoms with Crippen molar-refractivity contribution in [1.29, 1.82) is 0 Å². The first-order chi connectivity index (χ1) is 15.3. The van der Waals surface area contributed by atoms with Gasteiger partial charge in [-0.05, 0) is 54.6 Å². The Hall–Kier alpha value is -2.70. The van der Waals surface area contributed by atoms with E-state index in [1.54, 1.807) is 54.6 Å². The van der Waals surface area contributed by atoms with Gasteiger partial charge in [-0.2, -0.15) is 0 Å². The first kappa shape index (κ1) is 22.5. The molecule has 1 heterocycles. The summed E-state index contributed by atoms with van der Waals surface area (Å²) in [5.74, 6) is 0.404. The fraction of sp³-hybridized carbons (Fsp3) is 0.0435. The Morgan fingerprint density at radius 1 is 1.00 bits per heavy atom. The number of ether oxygens (including phenoxy) is 1. The van der Waals surface area contributed by atoms with Gasteiger partial charge >= 0.3 is 0 Å². The lowest BCUT2D eigenvalue weighted by Crippen LogP contribution is -2.07. The van der Waals surface area contributed by atoms with Gasteiger partial charge in [0.25, 0.3) is 0 Å². The van der Waals surface area contributed by atoms with E-state index in [-0.39, 0.29) is 5.91 Å². The van der Waals surface area contributed by atoms with Crippen molar-refractivity contribution in [3.63, 3.8) is 0 Å².